The van der Waals surface area contributed by atoms with Crippen LogP contribution in [0.3, 0.4) is 0 Å². The third-order valence-electron chi connectivity index (χ3n) is 16.1. The number of rotatable bonds is 2. The zero-order valence-corrected chi connectivity index (χ0v) is 41.1. The van der Waals surface area contributed by atoms with Crippen LogP contribution in [-0.2, 0) is 28.7 Å². The molecule has 3 aliphatic rings. The Morgan fingerprint density at radius 1 is 0.636 bits per heavy atom. The predicted octanol–water partition coefficient (Wildman–Crippen LogP) is 14.9. The first-order chi connectivity index (χ1) is 31.4. The molecule has 0 unspecified atom stereocenters. The van der Waals surface area contributed by atoms with Crippen molar-refractivity contribution < 1.29 is 0 Å². The number of anilines is 2. The lowest BCUT2D eigenvalue weighted by molar-refractivity contribution is 0.332. The molecule has 10 aromatic rings. The summed E-state index contributed by atoms with van der Waals surface area (Å²) in [6.07, 6.45) is 2.34. The van der Waals surface area contributed by atoms with Crippen LogP contribution in [0.4, 0.5) is 11.4 Å². The van der Waals surface area contributed by atoms with Crippen molar-refractivity contribution in [3.8, 4) is 28.2 Å². The standard InChI is InChI=1S/C60H57BN4S/c1-57(2,3)35-21-24-37(25-22-35)65-45-26-23-36(58(4,5)6)29-39(45)50-51-38-19-15-16-20-49(38)66-55(51)52-40-30-41-42(60(9,10)28-27-59(41,7)8)31-46(40)64-47-33-48-44(32-43(47)61(65)53(50)54(52)64)62-56(63(48)11)34-17-13-12-14-18-34/h12-26,29-33H,27-28H2,1-11H3. The van der Waals surface area contributed by atoms with E-state index in [9.17, 15) is 0 Å². The molecule has 0 fully saturated rings. The topological polar surface area (TPSA) is 26.0 Å². The number of imidazole rings is 1. The highest BCUT2D eigenvalue weighted by Crippen LogP contribution is 2.55. The van der Waals surface area contributed by atoms with Crippen molar-refractivity contribution in [1.82, 2.24) is 14.1 Å². The summed E-state index contributed by atoms with van der Waals surface area (Å²) in [5.41, 5.74) is 20.8. The smallest absolute Gasteiger partial charge is 0.333 e. The lowest BCUT2D eigenvalue weighted by Gasteiger charge is -2.43. The van der Waals surface area contributed by atoms with Gasteiger partial charge in [0.05, 0.1) is 22.1 Å². The number of thiophene rings is 1. The van der Waals surface area contributed by atoms with Crippen LogP contribution in [0.2, 0.25) is 0 Å². The Hall–Kier alpha value is -6.11. The number of fused-ring (bicyclic) bond motifs is 15. The van der Waals surface area contributed by atoms with E-state index in [1.54, 1.807) is 0 Å². The van der Waals surface area contributed by atoms with E-state index < -0.39 is 0 Å². The minimum absolute atomic E-state index is 0.0338. The highest BCUT2D eigenvalue weighted by Gasteiger charge is 2.47. The van der Waals surface area contributed by atoms with Gasteiger partial charge in [-0.1, -0.05) is 136 Å². The van der Waals surface area contributed by atoms with Crippen LogP contribution in [0, 0.1) is 0 Å². The number of hydrogen-bond donors (Lipinski definition) is 0. The summed E-state index contributed by atoms with van der Waals surface area (Å²) in [4.78, 5) is 8.18. The van der Waals surface area contributed by atoms with Crippen molar-refractivity contribution in [3.63, 3.8) is 0 Å². The van der Waals surface area contributed by atoms with E-state index in [2.05, 4.69) is 212 Å². The van der Waals surface area contributed by atoms with Gasteiger partial charge in [0.1, 0.15) is 5.82 Å². The minimum atomic E-state index is -0.125. The van der Waals surface area contributed by atoms with Gasteiger partial charge in [0.25, 0.3) is 0 Å². The Balaban J connectivity index is 1.27. The Morgan fingerprint density at radius 2 is 1.30 bits per heavy atom. The van der Waals surface area contributed by atoms with Gasteiger partial charge < -0.3 is 13.9 Å². The number of nitrogens with zero attached hydrogens (tertiary/aromatic N) is 4. The molecule has 0 radical (unpaired) electrons. The Labute approximate surface area is 393 Å². The lowest BCUT2D eigenvalue weighted by Crippen LogP contribution is -2.60. The summed E-state index contributed by atoms with van der Waals surface area (Å²) in [6.45, 7) is 23.8. The first kappa shape index (κ1) is 40.2. The second kappa shape index (κ2) is 13.1. The zero-order chi connectivity index (χ0) is 45.6. The van der Waals surface area contributed by atoms with Crippen molar-refractivity contribution in [2.75, 3.05) is 4.81 Å². The molecule has 0 saturated heterocycles. The van der Waals surface area contributed by atoms with E-state index in [4.69, 9.17) is 4.98 Å². The molecular weight excluding hydrogens is 820 g/mol. The van der Waals surface area contributed by atoms with Crippen LogP contribution in [0.5, 0.6) is 0 Å². The van der Waals surface area contributed by atoms with Gasteiger partial charge in [0.2, 0.25) is 0 Å². The van der Waals surface area contributed by atoms with Crippen molar-refractivity contribution in [1.29, 1.82) is 0 Å². The fourth-order valence-electron chi connectivity index (χ4n) is 12.2. The third-order valence-corrected chi connectivity index (χ3v) is 17.3. The average molecular weight is 877 g/mol. The first-order valence-corrected chi connectivity index (χ1v) is 24.8. The molecular formula is C60H57BN4S. The Kier molecular flexibility index (Phi) is 7.96. The summed E-state index contributed by atoms with van der Waals surface area (Å²) < 4.78 is 7.76. The molecule has 3 aromatic heterocycles. The molecule has 13 rings (SSSR count). The lowest BCUT2D eigenvalue weighted by atomic mass is 9.43. The molecule has 6 heteroatoms. The molecule has 2 aliphatic heterocycles. The van der Waals surface area contributed by atoms with Crippen LogP contribution in [0.15, 0.2) is 121 Å². The quantitative estimate of drug-likeness (QED) is 0.162. The van der Waals surface area contributed by atoms with Crippen molar-refractivity contribution in [3.05, 3.63) is 144 Å². The maximum atomic E-state index is 5.49. The molecule has 0 saturated carbocycles. The zero-order valence-electron chi connectivity index (χ0n) is 40.2. The van der Waals surface area contributed by atoms with E-state index in [1.807, 2.05) is 11.3 Å². The third kappa shape index (κ3) is 5.37. The van der Waals surface area contributed by atoms with Crippen LogP contribution >= 0.6 is 11.3 Å². The summed E-state index contributed by atoms with van der Waals surface area (Å²) in [6, 6.07) is 47.0. The number of benzene rings is 7. The van der Waals surface area contributed by atoms with Gasteiger partial charge in [-0.2, -0.15) is 0 Å². The maximum Gasteiger partial charge on any atom is 0.333 e. The molecule has 66 heavy (non-hydrogen) atoms. The van der Waals surface area contributed by atoms with Crippen molar-refractivity contribution in [2.45, 2.75) is 104 Å². The summed E-state index contributed by atoms with van der Waals surface area (Å²) in [5, 5.41) is 5.50. The van der Waals surface area contributed by atoms with E-state index in [0.717, 1.165) is 22.4 Å². The molecule has 7 aromatic carbocycles. The number of hydrogen-bond acceptors (Lipinski definition) is 3. The molecule has 326 valence electrons. The van der Waals surface area contributed by atoms with Gasteiger partial charge in [-0.05, 0) is 128 Å². The largest absolute Gasteiger partial charge is 0.376 e. The summed E-state index contributed by atoms with van der Waals surface area (Å²) >= 11 is 1.99. The summed E-state index contributed by atoms with van der Waals surface area (Å²) in [7, 11) is 2.19. The van der Waals surface area contributed by atoms with E-state index in [0.29, 0.717) is 0 Å². The maximum absolute atomic E-state index is 5.49. The van der Waals surface area contributed by atoms with Gasteiger partial charge >= 0.3 is 6.85 Å². The number of aryl methyl sites for hydroxylation is 1. The number of aromatic nitrogens is 3. The SMILES string of the molecule is Cn1c(-c2ccccc2)nc2cc3c(cc21)-n1c2cc4c(cc2c2c5sc6ccccc6c5c5c(c21)B3N(c1ccc(C(C)(C)C)cc1)c1ccc(C(C)(C)C)cc1-5)C(C)(C)CCC4(C)C. The van der Waals surface area contributed by atoms with Gasteiger partial charge in [-0.25, -0.2) is 4.98 Å². The molecule has 0 amide bonds. The highest BCUT2D eigenvalue weighted by molar-refractivity contribution is 7.27. The average Bonchev–Trinajstić information content (AvgIpc) is 3.95. The molecule has 0 bridgehead atoms. The van der Waals surface area contributed by atoms with Gasteiger partial charge in [-0.3, -0.25) is 0 Å². The van der Waals surface area contributed by atoms with E-state index in [1.165, 1.54) is 116 Å². The first-order valence-electron chi connectivity index (χ1n) is 24.0. The highest BCUT2D eigenvalue weighted by atomic mass is 32.1. The minimum Gasteiger partial charge on any atom is -0.376 e. The molecule has 4 nitrogen and oxygen atoms in total. The van der Waals surface area contributed by atoms with Gasteiger partial charge in [0.15, 0.2) is 0 Å². The van der Waals surface area contributed by atoms with Crippen LogP contribution < -0.4 is 15.7 Å². The molecule has 0 atom stereocenters. The Morgan fingerprint density at radius 3 is 2.02 bits per heavy atom. The molecule has 5 heterocycles. The van der Waals surface area contributed by atoms with Gasteiger partial charge in [0, 0.05) is 66.2 Å². The Bertz CT molecular complexity index is 3730. The van der Waals surface area contributed by atoms with E-state index in [-0.39, 0.29) is 28.5 Å². The van der Waals surface area contributed by atoms with Gasteiger partial charge in [-0.15, -0.1) is 11.3 Å². The fraction of sp³-hybridized carbons (Fsp3) is 0.283. The fourth-order valence-corrected chi connectivity index (χ4v) is 13.5. The second-order valence-electron chi connectivity index (χ2n) is 23.1. The van der Waals surface area contributed by atoms with Crippen LogP contribution in [0.25, 0.3) is 81.2 Å². The predicted molar refractivity (Wildman–Crippen MR) is 285 cm³/mol. The molecule has 1 aliphatic carbocycles. The molecule has 0 spiro atoms. The van der Waals surface area contributed by atoms with Crippen LogP contribution in [0.1, 0.15) is 104 Å². The van der Waals surface area contributed by atoms with Crippen molar-refractivity contribution >= 4 is 93.5 Å². The van der Waals surface area contributed by atoms with Crippen molar-refractivity contribution in [2.24, 2.45) is 7.05 Å². The summed E-state index contributed by atoms with van der Waals surface area (Å²) in [5.74, 6) is 0.983. The van der Waals surface area contributed by atoms with Crippen LogP contribution in [-0.4, -0.2) is 21.0 Å². The van der Waals surface area contributed by atoms with E-state index >= 15 is 0 Å². The normalized spacial score (nSPS) is 16.2. The monoisotopic (exact) mass is 876 g/mol. The molecule has 0 N–H and O–H groups in total. The second-order valence-corrected chi connectivity index (χ2v) is 24.2.